The number of aryl methyl sites for hydroxylation is 2. The fourth-order valence-corrected chi connectivity index (χ4v) is 3.42. The van der Waals surface area contributed by atoms with Crippen molar-refractivity contribution in [2.75, 3.05) is 5.32 Å². The highest BCUT2D eigenvalue weighted by molar-refractivity contribution is 7.22. The van der Waals surface area contributed by atoms with Gasteiger partial charge in [0.15, 0.2) is 5.13 Å². The lowest BCUT2D eigenvalue weighted by molar-refractivity contribution is -0.384. The molecule has 0 fully saturated rings. The highest BCUT2D eigenvalue weighted by Gasteiger charge is 2.12. The standard InChI is InChI=1S/C17H15N3O3S/c1-10-3-4-11(2)16-15(10)19-17(24-16)18-14(21)9-12-5-7-13(8-6-12)20(22)23/h3-8H,9H2,1-2H3,(H,18,19,21). The number of nitro benzene ring substituents is 1. The molecule has 122 valence electrons. The maximum absolute atomic E-state index is 12.2. The Morgan fingerprint density at radius 3 is 2.46 bits per heavy atom. The Hall–Kier alpha value is -2.80. The second-order valence-electron chi connectivity index (χ2n) is 5.54. The Bertz CT molecular complexity index is 893. The number of rotatable bonds is 4. The predicted octanol–water partition coefficient (Wildman–Crippen LogP) is 4.00. The third-order valence-corrected chi connectivity index (χ3v) is 4.81. The van der Waals surface area contributed by atoms with Gasteiger partial charge in [-0.1, -0.05) is 35.6 Å². The fraction of sp³-hybridized carbons (Fsp3) is 0.176. The van der Waals surface area contributed by atoms with Gasteiger partial charge in [0, 0.05) is 12.1 Å². The number of aromatic nitrogens is 1. The minimum atomic E-state index is -0.463. The Kier molecular flexibility index (Phi) is 4.26. The molecule has 2 aromatic carbocycles. The van der Waals surface area contributed by atoms with Gasteiger partial charge >= 0.3 is 0 Å². The van der Waals surface area contributed by atoms with Crippen LogP contribution >= 0.6 is 11.3 Å². The topological polar surface area (TPSA) is 85.1 Å². The number of non-ortho nitro benzene ring substituents is 1. The van der Waals surface area contributed by atoms with E-state index in [1.165, 1.54) is 23.5 Å². The van der Waals surface area contributed by atoms with Crippen molar-refractivity contribution in [2.24, 2.45) is 0 Å². The van der Waals surface area contributed by atoms with E-state index in [1.807, 2.05) is 26.0 Å². The molecule has 0 saturated heterocycles. The van der Waals surface area contributed by atoms with Gasteiger partial charge in [0.2, 0.25) is 5.91 Å². The number of nitro groups is 1. The Balaban J connectivity index is 1.74. The van der Waals surface area contributed by atoms with Gasteiger partial charge in [0.05, 0.1) is 21.6 Å². The first kappa shape index (κ1) is 16.1. The number of hydrogen-bond acceptors (Lipinski definition) is 5. The van der Waals surface area contributed by atoms with Crippen LogP contribution in [0.3, 0.4) is 0 Å². The Morgan fingerprint density at radius 1 is 1.17 bits per heavy atom. The minimum Gasteiger partial charge on any atom is -0.302 e. The first-order valence-corrected chi connectivity index (χ1v) is 8.15. The molecule has 0 aliphatic carbocycles. The zero-order chi connectivity index (χ0) is 17.3. The van der Waals surface area contributed by atoms with Crippen molar-refractivity contribution in [1.82, 2.24) is 4.98 Å². The van der Waals surface area contributed by atoms with E-state index in [2.05, 4.69) is 10.3 Å². The van der Waals surface area contributed by atoms with E-state index in [0.29, 0.717) is 10.7 Å². The van der Waals surface area contributed by atoms with Crippen LogP contribution in [-0.2, 0) is 11.2 Å². The third-order valence-electron chi connectivity index (χ3n) is 3.70. The van der Waals surface area contributed by atoms with E-state index in [0.717, 1.165) is 21.3 Å². The molecule has 0 radical (unpaired) electrons. The van der Waals surface area contributed by atoms with Crippen molar-refractivity contribution in [3.8, 4) is 0 Å². The Morgan fingerprint density at radius 2 is 1.83 bits per heavy atom. The van der Waals surface area contributed by atoms with Crippen LogP contribution in [0.25, 0.3) is 10.2 Å². The van der Waals surface area contributed by atoms with Crippen molar-refractivity contribution in [2.45, 2.75) is 20.3 Å². The van der Waals surface area contributed by atoms with Gasteiger partial charge in [-0.15, -0.1) is 0 Å². The molecular formula is C17H15N3O3S. The van der Waals surface area contributed by atoms with E-state index in [-0.39, 0.29) is 18.0 Å². The lowest BCUT2D eigenvalue weighted by Gasteiger charge is -2.01. The van der Waals surface area contributed by atoms with E-state index in [1.54, 1.807) is 12.1 Å². The van der Waals surface area contributed by atoms with Crippen molar-refractivity contribution in [3.05, 3.63) is 63.2 Å². The molecule has 0 aliphatic heterocycles. The van der Waals surface area contributed by atoms with Crippen molar-refractivity contribution < 1.29 is 9.72 Å². The van der Waals surface area contributed by atoms with Gasteiger partial charge in [-0.2, -0.15) is 0 Å². The zero-order valence-electron chi connectivity index (χ0n) is 13.2. The number of amides is 1. The molecule has 1 amide bonds. The molecule has 1 aromatic heterocycles. The largest absolute Gasteiger partial charge is 0.302 e. The smallest absolute Gasteiger partial charge is 0.269 e. The van der Waals surface area contributed by atoms with Crippen molar-refractivity contribution >= 4 is 38.3 Å². The second-order valence-corrected chi connectivity index (χ2v) is 6.54. The van der Waals surface area contributed by atoms with Crippen molar-refractivity contribution in [3.63, 3.8) is 0 Å². The van der Waals surface area contributed by atoms with Crippen LogP contribution in [0.5, 0.6) is 0 Å². The van der Waals surface area contributed by atoms with Crippen molar-refractivity contribution in [1.29, 1.82) is 0 Å². The number of carbonyl (C=O) groups is 1. The number of hydrogen-bond donors (Lipinski definition) is 1. The summed E-state index contributed by atoms with van der Waals surface area (Å²) in [7, 11) is 0. The number of carbonyl (C=O) groups excluding carboxylic acids is 1. The summed E-state index contributed by atoms with van der Waals surface area (Å²) in [5.41, 5.74) is 3.83. The van der Waals surface area contributed by atoms with E-state index >= 15 is 0 Å². The average molecular weight is 341 g/mol. The lowest BCUT2D eigenvalue weighted by Crippen LogP contribution is -2.14. The number of nitrogens with one attached hydrogen (secondary N) is 1. The fourth-order valence-electron chi connectivity index (χ4n) is 2.40. The molecule has 0 spiro atoms. The highest BCUT2D eigenvalue weighted by atomic mass is 32.1. The van der Waals surface area contributed by atoms with Gasteiger partial charge in [0.25, 0.3) is 5.69 Å². The van der Waals surface area contributed by atoms with Crippen LogP contribution in [0, 0.1) is 24.0 Å². The first-order valence-electron chi connectivity index (χ1n) is 7.34. The molecule has 0 unspecified atom stereocenters. The number of anilines is 1. The van der Waals surface area contributed by atoms with Gasteiger partial charge < -0.3 is 5.32 Å². The van der Waals surface area contributed by atoms with Crippen LogP contribution in [0.15, 0.2) is 36.4 Å². The first-order chi connectivity index (χ1) is 11.4. The van der Waals surface area contributed by atoms with Gasteiger partial charge in [0.1, 0.15) is 0 Å². The molecule has 0 aliphatic rings. The molecule has 0 bridgehead atoms. The van der Waals surface area contributed by atoms with E-state index in [9.17, 15) is 14.9 Å². The molecule has 0 atom stereocenters. The maximum atomic E-state index is 12.2. The van der Waals surface area contributed by atoms with Gasteiger partial charge in [-0.05, 0) is 30.5 Å². The number of fused-ring (bicyclic) bond motifs is 1. The minimum absolute atomic E-state index is 0.0104. The highest BCUT2D eigenvalue weighted by Crippen LogP contribution is 2.30. The number of benzene rings is 2. The molecular weight excluding hydrogens is 326 g/mol. The Labute approximate surface area is 142 Å². The van der Waals surface area contributed by atoms with Crippen LogP contribution in [0.1, 0.15) is 16.7 Å². The van der Waals surface area contributed by atoms with Gasteiger partial charge in [-0.25, -0.2) is 4.98 Å². The summed E-state index contributed by atoms with van der Waals surface area (Å²) in [6.45, 7) is 4.01. The molecule has 6 nitrogen and oxygen atoms in total. The molecule has 24 heavy (non-hydrogen) atoms. The molecule has 0 saturated carbocycles. The molecule has 7 heteroatoms. The summed E-state index contributed by atoms with van der Waals surface area (Å²) < 4.78 is 1.07. The third kappa shape index (κ3) is 3.26. The maximum Gasteiger partial charge on any atom is 0.269 e. The summed E-state index contributed by atoms with van der Waals surface area (Å²) >= 11 is 1.45. The second kappa shape index (κ2) is 6.37. The van der Waals surface area contributed by atoms with E-state index in [4.69, 9.17) is 0 Å². The summed E-state index contributed by atoms with van der Waals surface area (Å²) in [6.07, 6.45) is 0.145. The van der Waals surface area contributed by atoms with Crippen LogP contribution in [0.2, 0.25) is 0 Å². The zero-order valence-corrected chi connectivity index (χ0v) is 14.0. The monoisotopic (exact) mass is 341 g/mol. The summed E-state index contributed by atoms with van der Waals surface area (Å²) in [6, 6.07) is 10.0. The SMILES string of the molecule is Cc1ccc(C)c2sc(NC(=O)Cc3ccc([N+](=O)[O-])cc3)nc12. The molecule has 3 rings (SSSR count). The molecule has 3 aromatic rings. The molecule has 1 N–H and O–H groups in total. The lowest BCUT2D eigenvalue weighted by atomic mass is 10.1. The predicted molar refractivity (Wildman–Crippen MR) is 94.5 cm³/mol. The summed E-state index contributed by atoms with van der Waals surface area (Å²) in [5.74, 6) is -0.196. The number of thiazole rings is 1. The van der Waals surface area contributed by atoms with Crippen LogP contribution in [0.4, 0.5) is 10.8 Å². The van der Waals surface area contributed by atoms with Crippen LogP contribution in [-0.4, -0.2) is 15.8 Å². The molecule has 1 heterocycles. The summed E-state index contributed by atoms with van der Waals surface area (Å²) in [4.78, 5) is 26.8. The average Bonchev–Trinajstić information content (AvgIpc) is 2.96. The van der Waals surface area contributed by atoms with Crippen LogP contribution < -0.4 is 5.32 Å². The van der Waals surface area contributed by atoms with E-state index < -0.39 is 4.92 Å². The van der Waals surface area contributed by atoms with Gasteiger partial charge in [-0.3, -0.25) is 14.9 Å². The normalized spacial score (nSPS) is 10.8. The summed E-state index contributed by atoms with van der Waals surface area (Å²) in [5, 5.41) is 14.0. The number of nitrogens with zero attached hydrogens (tertiary/aromatic N) is 2. The quantitative estimate of drug-likeness (QED) is 0.574.